The molecule has 3 heteroatoms. The standard InChI is InChI=1S/C24H34N2O/c1-17-4-2-3-9-26(17)22-7-5-21(6-8-22)25-23(27)16-24-13-18-10-19(14-24)12-20(11-18)15-24/h5-8,17-20H,2-4,9-16H2,1H3,(H,25,27)/t17-,18?,19?,20?,24?/m0/s1. The average Bonchev–Trinajstić information content (AvgIpc) is 2.61. The van der Waals surface area contributed by atoms with Crippen molar-refractivity contribution in [2.24, 2.45) is 23.2 Å². The molecule has 4 saturated carbocycles. The molecule has 5 fully saturated rings. The van der Waals surface area contributed by atoms with E-state index in [-0.39, 0.29) is 5.91 Å². The third-order valence-corrected chi connectivity index (χ3v) is 7.99. The van der Waals surface area contributed by atoms with E-state index in [4.69, 9.17) is 0 Å². The van der Waals surface area contributed by atoms with Crippen LogP contribution in [0.3, 0.4) is 0 Å². The van der Waals surface area contributed by atoms with E-state index in [0.29, 0.717) is 11.5 Å². The number of rotatable bonds is 4. The molecule has 1 aromatic carbocycles. The SMILES string of the molecule is C[C@H]1CCCCN1c1ccc(NC(=O)CC23CC4CC(CC(C4)C2)C3)cc1. The van der Waals surface area contributed by atoms with Gasteiger partial charge < -0.3 is 10.2 Å². The second-order valence-corrected chi connectivity index (χ2v) is 10.2. The third kappa shape index (κ3) is 3.50. The molecule has 1 aliphatic heterocycles. The van der Waals surface area contributed by atoms with E-state index in [9.17, 15) is 4.79 Å². The van der Waals surface area contributed by atoms with E-state index in [0.717, 1.165) is 36.4 Å². The molecule has 1 amide bonds. The lowest BCUT2D eigenvalue weighted by atomic mass is 9.49. The minimum atomic E-state index is 0.232. The maximum absolute atomic E-state index is 12.8. The zero-order valence-corrected chi connectivity index (χ0v) is 16.8. The molecular formula is C24H34N2O. The van der Waals surface area contributed by atoms with Crippen molar-refractivity contribution >= 4 is 17.3 Å². The Balaban J connectivity index is 1.21. The van der Waals surface area contributed by atoms with E-state index >= 15 is 0 Å². The number of nitrogens with zero attached hydrogens (tertiary/aromatic N) is 1. The molecule has 146 valence electrons. The highest BCUT2D eigenvalue weighted by atomic mass is 16.1. The highest BCUT2D eigenvalue weighted by Gasteiger charge is 2.51. The van der Waals surface area contributed by atoms with Crippen LogP contribution in [-0.4, -0.2) is 18.5 Å². The van der Waals surface area contributed by atoms with Gasteiger partial charge in [0.05, 0.1) is 0 Å². The number of anilines is 2. The first-order valence-electron chi connectivity index (χ1n) is 11.3. The highest BCUT2D eigenvalue weighted by molar-refractivity contribution is 5.91. The van der Waals surface area contributed by atoms with Gasteiger partial charge in [-0.2, -0.15) is 0 Å². The first kappa shape index (κ1) is 17.6. The van der Waals surface area contributed by atoms with E-state index in [1.165, 1.54) is 63.5 Å². The minimum Gasteiger partial charge on any atom is -0.369 e. The van der Waals surface area contributed by atoms with E-state index in [1.54, 1.807) is 0 Å². The fraction of sp³-hybridized carbons (Fsp3) is 0.708. The van der Waals surface area contributed by atoms with Crippen molar-refractivity contribution in [3.63, 3.8) is 0 Å². The summed E-state index contributed by atoms with van der Waals surface area (Å²) in [5, 5.41) is 3.20. The Labute approximate surface area is 163 Å². The Morgan fingerprint density at radius 3 is 2.26 bits per heavy atom. The highest BCUT2D eigenvalue weighted by Crippen LogP contribution is 2.61. The van der Waals surface area contributed by atoms with Crippen molar-refractivity contribution < 1.29 is 4.79 Å². The number of piperidine rings is 1. The molecule has 1 N–H and O–H groups in total. The van der Waals surface area contributed by atoms with Gasteiger partial charge >= 0.3 is 0 Å². The lowest BCUT2D eigenvalue weighted by Gasteiger charge is -2.56. The van der Waals surface area contributed by atoms with E-state index in [2.05, 4.69) is 41.4 Å². The molecule has 1 atom stereocenters. The number of benzene rings is 1. The first-order chi connectivity index (χ1) is 13.1. The number of carbonyl (C=O) groups is 1. The van der Waals surface area contributed by atoms with Crippen molar-refractivity contribution in [1.82, 2.24) is 0 Å². The summed E-state index contributed by atoms with van der Waals surface area (Å²) < 4.78 is 0. The first-order valence-corrected chi connectivity index (χ1v) is 11.3. The van der Waals surface area contributed by atoms with Crippen LogP contribution in [0.25, 0.3) is 0 Å². The fourth-order valence-corrected chi connectivity index (χ4v) is 7.27. The number of amides is 1. The molecule has 3 nitrogen and oxygen atoms in total. The Hall–Kier alpha value is -1.51. The molecule has 0 unspecified atom stereocenters. The predicted octanol–water partition coefficient (Wildman–Crippen LogP) is 5.61. The van der Waals surface area contributed by atoms with Crippen LogP contribution in [0, 0.1) is 23.2 Å². The minimum absolute atomic E-state index is 0.232. The number of hydrogen-bond donors (Lipinski definition) is 1. The van der Waals surface area contributed by atoms with Gasteiger partial charge in [-0.15, -0.1) is 0 Å². The molecule has 1 saturated heterocycles. The zero-order valence-electron chi connectivity index (χ0n) is 16.8. The summed E-state index contributed by atoms with van der Waals surface area (Å²) >= 11 is 0. The van der Waals surface area contributed by atoms with Gasteiger partial charge in [0.15, 0.2) is 0 Å². The van der Waals surface area contributed by atoms with Gasteiger partial charge in [0.1, 0.15) is 0 Å². The summed E-state index contributed by atoms with van der Waals surface area (Å²) in [6.07, 6.45) is 12.9. The van der Waals surface area contributed by atoms with Crippen LogP contribution in [0.15, 0.2) is 24.3 Å². The lowest BCUT2D eigenvalue weighted by molar-refractivity contribution is -0.124. The van der Waals surface area contributed by atoms with Crippen LogP contribution >= 0.6 is 0 Å². The van der Waals surface area contributed by atoms with Gasteiger partial charge in [0, 0.05) is 30.4 Å². The van der Waals surface area contributed by atoms with Crippen LogP contribution in [0.5, 0.6) is 0 Å². The summed E-state index contributed by atoms with van der Waals surface area (Å²) in [5.41, 5.74) is 2.57. The molecule has 4 aliphatic carbocycles. The van der Waals surface area contributed by atoms with E-state index < -0.39 is 0 Å². The average molecular weight is 367 g/mol. The molecule has 1 aromatic rings. The Bertz CT molecular complexity index is 660. The van der Waals surface area contributed by atoms with Crippen molar-refractivity contribution in [3.05, 3.63) is 24.3 Å². The Kier molecular flexibility index (Phi) is 4.44. The van der Waals surface area contributed by atoms with Crippen LogP contribution in [0.4, 0.5) is 11.4 Å². The Morgan fingerprint density at radius 2 is 1.67 bits per heavy atom. The number of carbonyl (C=O) groups excluding carboxylic acids is 1. The van der Waals surface area contributed by atoms with Gasteiger partial charge in [0.2, 0.25) is 5.91 Å². The third-order valence-electron chi connectivity index (χ3n) is 7.99. The summed E-state index contributed by atoms with van der Waals surface area (Å²) in [7, 11) is 0. The molecular weight excluding hydrogens is 332 g/mol. The molecule has 0 radical (unpaired) electrons. The van der Waals surface area contributed by atoms with Crippen LogP contribution < -0.4 is 10.2 Å². The summed E-state index contributed by atoms with van der Waals surface area (Å²) in [4.78, 5) is 15.3. The molecule has 4 bridgehead atoms. The van der Waals surface area contributed by atoms with Crippen molar-refractivity contribution in [2.45, 2.75) is 77.2 Å². The van der Waals surface area contributed by atoms with Gasteiger partial charge in [-0.3, -0.25) is 4.79 Å². The fourth-order valence-electron chi connectivity index (χ4n) is 7.27. The van der Waals surface area contributed by atoms with E-state index in [1.807, 2.05) is 0 Å². The Morgan fingerprint density at radius 1 is 1.04 bits per heavy atom. The molecule has 6 rings (SSSR count). The largest absolute Gasteiger partial charge is 0.369 e. The van der Waals surface area contributed by atoms with Crippen LogP contribution in [0.2, 0.25) is 0 Å². The number of nitrogens with one attached hydrogen (secondary N) is 1. The van der Waals surface area contributed by atoms with Crippen molar-refractivity contribution in [3.8, 4) is 0 Å². The molecule has 0 spiro atoms. The summed E-state index contributed by atoms with van der Waals surface area (Å²) in [6.45, 7) is 3.47. The molecule has 1 heterocycles. The van der Waals surface area contributed by atoms with Crippen molar-refractivity contribution in [1.29, 1.82) is 0 Å². The van der Waals surface area contributed by atoms with Gasteiger partial charge in [-0.05, 0) is 112 Å². The second kappa shape index (κ2) is 6.83. The van der Waals surface area contributed by atoms with Gasteiger partial charge in [0.25, 0.3) is 0 Å². The lowest BCUT2D eigenvalue weighted by Crippen LogP contribution is -2.47. The second-order valence-electron chi connectivity index (χ2n) is 10.2. The molecule has 27 heavy (non-hydrogen) atoms. The topological polar surface area (TPSA) is 32.3 Å². The van der Waals surface area contributed by atoms with Gasteiger partial charge in [-0.25, -0.2) is 0 Å². The van der Waals surface area contributed by atoms with Crippen molar-refractivity contribution in [2.75, 3.05) is 16.8 Å². The smallest absolute Gasteiger partial charge is 0.224 e. The maximum atomic E-state index is 12.8. The monoisotopic (exact) mass is 366 g/mol. The predicted molar refractivity (Wildman–Crippen MR) is 111 cm³/mol. The number of hydrogen-bond acceptors (Lipinski definition) is 2. The summed E-state index contributed by atoms with van der Waals surface area (Å²) in [6, 6.07) is 9.17. The molecule has 5 aliphatic rings. The molecule has 0 aromatic heterocycles. The normalized spacial score (nSPS) is 37.4. The zero-order chi connectivity index (χ0) is 18.4. The quantitative estimate of drug-likeness (QED) is 0.751. The van der Waals surface area contributed by atoms with Gasteiger partial charge in [-0.1, -0.05) is 0 Å². The maximum Gasteiger partial charge on any atom is 0.224 e. The van der Waals surface area contributed by atoms with Crippen LogP contribution in [0.1, 0.15) is 71.1 Å². The van der Waals surface area contributed by atoms with Crippen LogP contribution in [-0.2, 0) is 4.79 Å². The summed E-state index contributed by atoms with van der Waals surface area (Å²) in [5.74, 6) is 2.97.